The molecule has 0 amide bonds. The van der Waals surface area contributed by atoms with Gasteiger partial charge in [0.25, 0.3) is 0 Å². The first-order chi connectivity index (χ1) is 9.99. The van der Waals surface area contributed by atoms with Gasteiger partial charge in [-0.2, -0.15) is 0 Å². The van der Waals surface area contributed by atoms with E-state index >= 15 is 0 Å². The van der Waals surface area contributed by atoms with Crippen LogP contribution < -0.4 is 11.3 Å². The van der Waals surface area contributed by atoms with Crippen LogP contribution >= 0.6 is 0 Å². The lowest BCUT2D eigenvalue weighted by molar-refractivity contribution is 0.502. The highest BCUT2D eigenvalue weighted by molar-refractivity contribution is 5.30. The van der Waals surface area contributed by atoms with Gasteiger partial charge < -0.3 is 0 Å². The fourth-order valence-electron chi connectivity index (χ4n) is 2.37. The Labute approximate surface area is 124 Å². The molecule has 0 aliphatic carbocycles. The molecule has 0 aliphatic heterocycles. The van der Waals surface area contributed by atoms with E-state index in [2.05, 4.69) is 31.4 Å². The Balaban J connectivity index is 2.12. The van der Waals surface area contributed by atoms with Crippen molar-refractivity contribution in [2.24, 2.45) is 5.84 Å². The second-order valence-corrected chi connectivity index (χ2v) is 5.43. The molecular weight excluding hydrogens is 270 g/mol. The summed E-state index contributed by atoms with van der Waals surface area (Å²) >= 11 is 0. The summed E-state index contributed by atoms with van der Waals surface area (Å²) in [4.78, 5) is 0. The molecule has 1 unspecified atom stereocenters. The van der Waals surface area contributed by atoms with Gasteiger partial charge in [0.15, 0.2) is 0 Å². The number of halogens is 2. The van der Waals surface area contributed by atoms with Crippen LogP contribution in [0.15, 0.2) is 36.4 Å². The number of hydrogen-bond donors (Lipinski definition) is 2. The Bertz CT molecular complexity index is 626. The standard InChI is InChI=1S/C17H20F2N2/c1-11-3-4-13(7-12(11)2)8-16(21-20)10-14-9-15(18)5-6-17(14)19/h3-7,9,16,21H,8,10,20H2,1-2H3. The largest absolute Gasteiger partial charge is 0.271 e. The highest BCUT2D eigenvalue weighted by Gasteiger charge is 2.13. The van der Waals surface area contributed by atoms with E-state index in [1.807, 2.05) is 6.07 Å². The van der Waals surface area contributed by atoms with Gasteiger partial charge in [0.1, 0.15) is 11.6 Å². The lowest BCUT2D eigenvalue weighted by Crippen LogP contribution is -2.38. The maximum Gasteiger partial charge on any atom is 0.126 e. The Kier molecular flexibility index (Phi) is 5.04. The van der Waals surface area contributed by atoms with Crippen LogP contribution in [0.1, 0.15) is 22.3 Å². The van der Waals surface area contributed by atoms with Gasteiger partial charge in [-0.15, -0.1) is 0 Å². The molecule has 2 rings (SSSR count). The number of hydrogen-bond acceptors (Lipinski definition) is 2. The highest BCUT2D eigenvalue weighted by atomic mass is 19.1. The first-order valence-corrected chi connectivity index (χ1v) is 6.95. The first kappa shape index (κ1) is 15.6. The molecule has 2 aromatic carbocycles. The van der Waals surface area contributed by atoms with Crippen LogP contribution in [-0.2, 0) is 12.8 Å². The average molecular weight is 290 g/mol. The number of nitrogens with one attached hydrogen (secondary N) is 1. The van der Waals surface area contributed by atoms with Crippen LogP contribution in [0.2, 0.25) is 0 Å². The van der Waals surface area contributed by atoms with E-state index in [0.717, 1.165) is 17.7 Å². The number of hydrazine groups is 1. The van der Waals surface area contributed by atoms with Gasteiger partial charge in [0, 0.05) is 6.04 Å². The summed E-state index contributed by atoms with van der Waals surface area (Å²) in [6.45, 7) is 4.11. The second kappa shape index (κ2) is 6.78. The van der Waals surface area contributed by atoms with Gasteiger partial charge in [-0.25, -0.2) is 8.78 Å². The summed E-state index contributed by atoms with van der Waals surface area (Å²) in [6.07, 6.45) is 1.00. The molecule has 0 heterocycles. The summed E-state index contributed by atoms with van der Waals surface area (Å²) in [5, 5.41) is 0. The number of benzene rings is 2. The van der Waals surface area contributed by atoms with Crippen molar-refractivity contribution < 1.29 is 8.78 Å². The van der Waals surface area contributed by atoms with E-state index in [9.17, 15) is 8.78 Å². The van der Waals surface area contributed by atoms with Crippen LogP contribution in [0.25, 0.3) is 0 Å². The molecule has 0 saturated heterocycles. The first-order valence-electron chi connectivity index (χ1n) is 6.95. The minimum Gasteiger partial charge on any atom is -0.271 e. The monoisotopic (exact) mass is 290 g/mol. The van der Waals surface area contributed by atoms with Gasteiger partial charge in [0.2, 0.25) is 0 Å². The summed E-state index contributed by atoms with van der Waals surface area (Å²) < 4.78 is 26.9. The van der Waals surface area contributed by atoms with E-state index in [1.165, 1.54) is 17.2 Å². The molecule has 0 spiro atoms. The van der Waals surface area contributed by atoms with Crippen molar-refractivity contribution in [1.82, 2.24) is 5.43 Å². The summed E-state index contributed by atoms with van der Waals surface area (Å²) in [7, 11) is 0. The van der Waals surface area contributed by atoms with Gasteiger partial charge >= 0.3 is 0 Å². The van der Waals surface area contributed by atoms with Crippen molar-refractivity contribution in [2.75, 3.05) is 0 Å². The molecule has 2 nitrogen and oxygen atoms in total. The Morgan fingerprint density at radius 2 is 1.76 bits per heavy atom. The third-order valence-corrected chi connectivity index (χ3v) is 3.76. The third kappa shape index (κ3) is 4.09. The minimum atomic E-state index is -0.437. The van der Waals surface area contributed by atoms with Gasteiger partial charge in [0.05, 0.1) is 0 Å². The molecule has 0 bridgehead atoms. The molecule has 0 radical (unpaired) electrons. The fourth-order valence-corrected chi connectivity index (χ4v) is 2.37. The zero-order valence-electron chi connectivity index (χ0n) is 12.3. The molecule has 0 aromatic heterocycles. The fraction of sp³-hybridized carbons (Fsp3) is 0.294. The maximum absolute atomic E-state index is 13.7. The van der Waals surface area contributed by atoms with Crippen molar-refractivity contribution in [2.45, 2.75) is 32.7 Å². The molecule has 3 N–H and O–H groups in total. The minimum absolute atomic E-state index is 0.150. The molecule has 112 valence electrons. The predicted molar refractivity (Wildman–Crippen MR) is 80.8 cm³/mol. The average Bonchev–Trinajstić information content (AvgIpc) is 2.46. The zero-order chi connectivity index (χ0) is 15.4. The lowest BCUT2D eigenvalue weighted by Gasteiger charge is -2.17. The molecule has 1 atom stereocenters. The molecule has 0 saturated carbocycles. The summed E-state index contributed by atoms with van der Waals surface area (Å²) in [5.74, 6) is 4.72. The van der Waals surface area contributed by atoms with Crippen LogP contribution in [-0.4, -0.2) is 6.04 Å². The molecule has 0 fully saturated rings. The topological polar surface area (TPSA) is 38.0 Å². The van der Waals surface area contributed by atoms with Gasteiger partial charge in [-0.05, 0) is 67.1 Å². The maximum atomic E-state index is 13.7. The summed E-state index contributed by atoms with van der Waals surface area (Å²) in [5.41, 5.74) is 6.59. The van der Waals surface area contributed by atoms with E-state index in [1.54, 1.807) is 0 Å². The van der Waals surface area contributed by atoms with E-state index in [-0.39, 0.29) is 6.04 Å². The van der Waals surface area contributed by atoms with E-state index in [4.69, 9.17) is 5.84 Å². The number of nitrogens with two attached hydrogens (primary N) is 1. The van der Waals surface area contributed by atoms with Crippen molar-refractivity contribution >= 4 is 0 Å². The zero-order valence-corrected chi connectivity index (χ0v) is 12.3. The highest BCUT2D eigenvalue weighted by Crippen LogP contribution is 2.16. The Morgan fingerprint density at radius 1 is 1.00 bits per heavy atom. The molecule has 4 heteroatoms. The van der Waals surface area contributed by atoms with E-state index in [0.29, 0.717) is 18.4 Å². The van der Waals surface area contributed by atoms with Crippen LogP contribution in [0, 0.1) is 25.5 Å². The van der Waals surface area contributed by atoms with Crippen LogP contribution in [0.3, 0.4) is 0 Å². The SMILES string of the molecule is Cc1ccc(CC(Cc2cc(F)ccc2F)NN)cc1C. The molecular formula is C17H20F2N2. The van der Waals surface area contributed by atoms with Crippen molar-refractivity contribution in [3.63, 3.8) is 0 Å². The summed E-state index contributed by atoms with van der Waals surface area (Å²) in [6, 6.07) is 9.53. The van der Waals surface area contributed by atoms with Crippen molar-refractivity contribution in [1.29, 1.82) is 0 Å². The Morgan fingerprint density at radius 3 is 2.43 bits per heavy atom. The van der Waals surface area contributed by atoms with Crippen molar-refractivity contribution in [3.05, 3.63) is 70.3 Å². The smallest absolute Gasteiger partial charge is 0.126 e. The van der Waals surface area contributed by atoms with Crippen LogP contribution in [0.4, 0.5) is 8.78 Å². The Hall–Kier alpha value is -1.78. The van der Waals surface area contributed by atoms with Crippen LogP contribution in [0.5, 0.6) is 0 Å². The normalized spacial score (nSPS) is 12.4. The van der Waals surface area contributed by atoms with Gasteiger partial charge in [-0.1, -0.05) is 18.2 Å². The number of aryl methyl sites for hydroxylation is 2. The van der Waals surface area contributed by atoms with E-state index < -0.39 is 11.6 Å². The second-order valence-electron chi connectivity index (χ2n) is 5.43. The lowest BCUT2D eigenvalue weighted by atomic mass is 9.97. The molecule has 2 aromatic rings. The van der Waals surface area contributed by atoms with Crippen molar-refractivity contribution in [3.8, 4) is 0 Å². The quantitative estimate of drug-likeness (QED) is 0.655. The molecule has 21 heavy (non-hydrogen) atoms. The third-order valence-electron chi connectivity index (χ3n) is 3.76. The molecule has 0 aliphatic rings. The predicted octanol–water partition coefficient (Wildman–Crippen LogP) is 3.20. The van der Waals surface area contributed by atoms with Gasteiger partial charge in [-0.3, -0.25) is 11.3 Å². The number of rotatable bonds is 5.